The Morgan fingerprint density at radius 2 is 2.27 bits per heavy atom. The number of ether oxygens (including phenoxy) is 1. The Morgan fingerprint density at radius 1 is 1.59 bits per heavy atom. The number of halogens is 1. The summed E-state index contributed by atoms with van der Waals surface area (Å²) < 4.78 is 6.57. The quantitative estimate of drug-likeness (QED) is 0.515. The third-order valence-corrected chi connectivity index (χ3v) is 3.78. The first-order valence-corrected chi connectivity index (χ1v) is 8.20. The van der Waals surface area contributed by atoms with Crippen LogP contribution < -0.4 is 4.74 Å². The lowest BCUT2D eigenvalue weighted by Crippen LogP contribution is -2.15. The predicted molar refractivity (Wildman–Crippen MR) is 93.1 cm³/mol. The Balaban J connectivity index is 2.81. The molecule has 5 nitrogen and oxygen atoms in total. The molecule has 0 saturated heterocycles. The second-order valence-electron chi connectivity index (χ2n) is 5.37. The highest BCUT2D eigenvalue weighted by atomic mass is 79.9. The Hall–Kier alpha value is -1.43. The molecule has 0 fully saturated rings. The zero-order valence-corrected chi connectivity index (χ0v) is 15.5. The van der Waals surface area contributed by atoms with Crippen LogP contribution in [0.4, 0.5) is 5.69 Å². The SMILES string of the molecule is CCN(C)C=Nc1cc(Br)c(OC(C)CCC(C)=O)nc1C. The minimum Gasteiger partial charge on any atom is -0.474 e. The second-order valence-corrected chi connectivity index (χ2v) is 6.22. The number of carbonyl (C=O) groups is 1. The first-order chi connectivity index (χ1) is 10.3. The van der Waals surface area contributed by atoms with Gasteiger partial charge in [-0.25, -0.2) is 9.98 Å². The van der Waals surface area contributed by atoms with E-state index in [2.05, 4.69) is 32.8 Å². The van der Waals surface area contributed by atoms with Crippen molar-refractivity contribution in [1.82, 2.24) is 9.88 Å². The lowest BCUT2D eigenvalue weighted by Gasteiger charge is -2.15. The Morgan fingerprint density at radius 3 is 2.86 bits per heavy atom. The highest BCUT2D eigenvalue weighted by Crippen LogP contribution is 2.30. The number of pyridine rings is 1. The Bertz CT molecular complexity index is 546. The summed E-state index contributed by atoms with van der Waals surface area (Å²) in [4.78, 5) is 21.9. The van der Waals surface area contributed by atoms with E-state index in [0.717, 1.165) is 22.4 Å². The molecule has 0 aliphatic rings. The number of aromatic nitrogens is 1. The van der Waals surface area contributed by atoms with Crippen LogP contribution in [0.2, 0.25) is 0 Å². The summed E-state index contributed by atoms with van der Waals surface area (Å²) in [7, 11) is 1.97. The minimum atomic E-state index is -0.0623. The molecule has 0 saturated carbocycles. The molecule has 122 valence electrons. The van der Waals surface area contributed by atoms with Crippen LogP contribution in [0.3, 0.4) is 0 Å². The average Bonchev–Trinajstić information content (AvgIpc) is 2.46. The summed E-state index contributed by atoms with van der Waals surface area (Å²) >= 11 is 3.47. The highest BCUT2D eigenvalue weighted by Gasteiger charge is 2.12. The van der Waals surface area contributed by atoms with Crippen molar-refractivity contribution in [3.8, 4) is 5.88 Å². The van der Waals surface area contributed by atoms with Gasteiger partial charge in [0.15, 0.2) is 0 Å². The van der Waals surface area contributed by atoms with E-state index in [4.69, 9.17) is 4.74 Å². The number of rotatable bonds is 8. The zero-order chi connectivity index (χ0) is 16.7. The number of aryl methyl sites for hydroxylation is 1. The summed E-state index contributed by atoms with van der Waals surface area (Å²) in [6, 6.07) is 1.90. The van der Waals surface area contributed by atoms with Gasteiger partial charge < -0.3 is 14.4 Å². The molecule has 0 aliphatic carbocycles. The van der Waals surface area contributed by atoms with E-state index >= 15 is 0 Å². The van der Waals surface area contributed by atoms with Crippen LogP contribution in [0.15, 0.2) is 15.5 Å². The molecule has 0 radical (unpaired) electrons. The lowest BCUT2D eigenvalue weighted by atomic mass is 10.2. The van der Waals surface area contributed by atoms with Gasteiger partial charge in [0.1, 0.15) is 5.78 Å². The third kappa shape index (κ3) is 6.13. The van der Waals surface area contributed by atoms with E-state index < -0.39 is 0 Å². The molecule has 0 aromatic carbocycles. The Labute approximate surface area is 140 Å². The van der Waals surface area contributed by atoms with Crippen LogP contribution in [-0.2, 0) is 4.79 Å². The van der Waals surface area contributed by atoms with Crippen molar-refractivity contribution >= 4 is 33.7 Å². The van der Waals surface area contributed by atoms with Gasteiger partial charge in [-0.1, -0.05) is 0 Å². The standard InChI is InChI=1S/C16H24BrN3O2/c1-6-20(5)10-18-15-9-14(17)16(19-13(15)4)22-12(3)8-7-11(2)21/h9-10,12H,6-8H2,1-5H3. The van der Waals surface area contributed by atoms with E-state index in [9.17, 15) is 4.79 Å². The molecule has 1 aromatic rings. The monoisotopic (exact) mass is 369 g/mol. The molecule has 1 atom stereocenters. The van der Waals surface area contributed by atoms with Gasteiger partial charge in [-0.2, -0.15) is 0 Å². The van der Waals surface area contributed by atoms with E-state index in [0.29, 0.717) is 18.7 Å². The summed E-state index contributed by atoms with van der Waals surface area (Å²) in [5, 5.41) is 0. The summed E-state index contributed by atoms with van der Waals surface area (Å²) in [6.45, 7) is 8.39. The van der Waals surface area contributed by atoms with Gasteiger partial charge in [0.2, 0.25) is 5.88 Å². The van der Waals surface area contributed by atoms with Crippen LogP contribution in [0.1, 0.15) is 39.3 Å². The number of aliphatic imine (C=N–C) groups is 1. The number of hydrogen-bond donors (Lipinski definition) is 0. The fraction of sp³-hybridized carbons (Fsp3) is 0.562. The molecule has 0 N–H and O–H groups in total. The highest BCUT2D eigenvalue weighted by molar-refractivity contribution is 9.10. The van der Waals surface area contributed by atoms with Gasteiger partial charge in [0.25, 0.3) is 0 Å². The summed E-state index contributed by atoms with van der Waals surface area (Å²) in [5.41, 5.74) is 1.61. The number of hydrogen-bond acceptors (Lipinski definition) is 4. The molecule has 6 heteroatoms. The normalized spacial score (nSPS) is 12.5. The van der Waals surface area contributed by atoms with E-state index in [1.807, 2.05) is 31.9 Å². The third-order valence-electron chi connectivity index (χ3n) is 3.22. The maximum atomic E-state index is 11.0. The molecular weight excluding hydrogens is 346 g/mol. The van der Waals surface area contributed by atoms with E-state index in [1.54, 1.807) is 13.3 Å². The molecular formula is C16H24BrN3O2. The molecule has 0 amide bonds. The molecule has 1 heterocycles. The topological polar surface area (TPSA) is 54.8 Å². The fourth-order valence-corrected chi connectivity index (χ4v) is 2.06. The van der Waals surface area contributed by atoms with Crippen molar-refractivity contribution in [3.05, 3.63) is 16.2 Å². The maximum Gasteiger partial charge on any atom is 0.228 e. The number of ketones is 1. The molecule has 1 unspecified atom stereocenters. The van der Waals surface area contributed by atoms with Gasteiger partial charge in [0.05, 0.1) is 28.3 Å². The van der Waals surface area contributed by atoms with Crippen molar-refractivity contribution in [2.75, 3.05) is 13.6 Å². The largest absolute Gasteiger partial charge is 0.474 e. The second kappa shape index (κ2) is 8.88. The first kappa shape index (κ1) is 18.6. The van der Waals surface area contributed by atoms with Gasteiger partial charge >= 0.3 is 0 Å². The molecule has 22 heavy (non-hydrogen) atoms. The van der Waals surface area contributed by atoms with Crippen LogP contribution in [0.25, 0.3) is 0 Å². The zero-order valence-electron chi connectivity index (χ0n) is 13.9. The number of Topliss-reactive ketones (excluding diaryl/α,β-unsaturated/α-hetero) is 1. The van der Waals surface area contributed by atoms with Gasteiger partial charge in [-0.15, -0.1) is 0 Å². The molecule has 1 aromatic heterocycles. The van der Waals surface area contributed by atoms with E-state index in [-0.39, 0.29) is 11.9 Å². The molecule has 0 aliphatic heterocycles. The Kier molecular flexibility index (Phi) is 7.51. The van der Waals surface area contributed by atoms with Crippen LogP contribution >= 0.6 is 15.9 Å². The van der Waals surface area contributed by atoms with Crippen molar-refractivity contribution in [3.63, 3.8) is 0 Å². The summed E-state index contributed by atoms with van der Waals surface area (Å²) in [6.07, 6.45) is 2.92. The smallest absolute Gasteiger partial charge is 0.228 e. The number of carbonyl (C=O) groups excluding carboxylic acids is 1. The van der Waals surface area contributed by atoms with Crippen LogP contribution in [0.5, 0.6) is 5.88 Å². The van der Waals surface area contributed by atoms with Crippen molar-refractivity contribution in [2.24, 2.45) is 4.99 Å². The first-order valence-electron chi connectivity index (χ1n) is 7.41. The predicted octanol–water partition coefficient (Wildman–Crippen LogP) is 3.90. The van der Waals surface area contributed by atoms with E-state index in [1.165, 1.54) is 0 Å². The van der Waals surface area contributed by atoms with Crippen molar-refractivity contribution in [1.29, 1.82) is 0 Å². The van der Waals surface area contributed by atoms with Gasteiger partial charge in [0, 0.05) is 20.0 Å². The molecule has 0 spiro atoms. The van der Waals surface area contributed by atoms with Crippen molar-refractivity contribution < 1.29 is 9.53 Å². The summed E-state index contributed by atoms with van der Waals surface area (Å²) in [5.74, 6) is 0.708. The van der Waals surface area contributed by atoms with Crippen LogP contribution in [0, 0.1) is 6.92 Å². The van der Waals surface area contributed by atoms with Crippen LogP contribution in [-0.4, -0.2) is 41.7 Å². The average molecular weight is 370 g/mol. The lowest BCUT2D eigenvalue weighted by molar-refractivity contribution is -0.117. The fourth-order valence-electron chi connectivity index (χ4n) is 1.66. The molecule has 1 rings (SSSR count). The maximum absolute atomic E-state index is 11.0. The number of nitrogens with zero attached hydrogens (tertiary/aromatic N) is 3. The van der Waals surface area contributed by atoms with Crippen molar-refractivity contribution in [2.45, 2.75) is 46.6 Å². The van der Waals surface area contributed by atoms with Gasteiger partial charge in [-0.05, 0) is 56.1 Å². The van der Waals surface area contributed by atoms with Gasteiger partial charge in [-0.3, -0.25) is 0 Å². The molecule has 0 bridgehead atoms. The minimum absolute atomic E-state index is 0.0623.